The molecule has 48 heavy (non-hydrogen) atoms. The molecule has 2 saturated heterocycles. The zero-order chi connectivity index (χ0) is 33.8. The summed E-state index contributed by atoms with van der Waals surface area (Å²) in [5.41, 5.74) is 1.85. The Morgan fingerprint density at radius 3 is 2.67 bits per heavy atom. The Balaban J connectivity index is 1.26. The van der Waals surface area contributed by atoms with Crippen LogP contribution in [0.5, 0.6) is 0 Å². The second-order valence-electron chi connectivity index (χ2n) is 11.8. The van der Waals surface area contributed by atoms with Crippen LogP contribution < -0.4 is 10.2 Å². The fraction of sp³-hybridized carbons (Fsp3) is 0.394. The molecule has 254 valence electrons. The molecule has 0 bridgehead atoms. The lowest BCUT2D eigenvalue weighted by Crippen LogP contribution is -2.51. The van der Waals surface area contributed by atoms with E-state index in [0.29, 0.717) is 34.1 Å². The van der Waals surface area contributed by atoms with Crippen molar-refractivity contribution in [1.82, 2.24) is 19.6 Å². The third kappa shape index (κ3) is 7.66. The second kappa shape index (κ2) is 14.6. The molecule has 0 unspecified atom stereocenters. The van der Waals surface area contributed by atoms with Crippen LogP contribution in [-0.2, 0) is 42.0 Å². The number of benzene rings is 2. The minimum atomic E-state index is -4.22. The maximum atomic E-state index is 14.3. The highest BCUT2D eigenvalue weighted by molar-refractivity contribution is 7.89. The van der Waals surface area contributed by atoms with E-state index in [1.807, 2.05) is 30.3 Å². The van der Waals surface area contributed by atoms with Gasteiger partial charge in [-0.3, -0.25) is 14.7 Å². The number of anilines is 1. The maximum absolute atomic E-state index is 14.3. The summed E-state index contributed by atoms with van der Waals surface area (Å²) in [6.45, 7) is 1.66. The van der Waals surface area contributed by atoms with Crippen molar-refractivity contribution in [2.45, 2.75) is 55.7 Å². The van der Waals surface area contributed by atoms with E-state index in [1.54, 1.807) is 37.5 Å². The Labute approximate surface area is 282 Å². The molecule has 2 amide bonds. The van der Waals surface area contributed by atoms with E-state index in [1.165, 1.54) is 35.3 Å². The topological polar surface area (TPSA) is 160 Å². The number of aliphatic hydroxyl groups is 1. The van der Waals surface area contributed by atoms with Gasteiger partial charge in [0.2, 0.25) is 15.9 Å². The summed E-state index contributed by atoms with van der Waals surface area (Å²) < 4.78 is 47.1. The van der Waals surface area contributed by atoms with E-state index in [2.05, 4.69) is 15.3 Å². The number of thiazole rings is 1. The first kappa shape index (κ1) is 33.9. The zero-order valence-corrected chi connectivity index (χ0v) is 28.1. The molecule has 2 aromatic heterocycles. The van der Waals surface area contributed by atoms with E-state index in [4.69, 9.17) is 14.2 Å². The Hall–Kier alpha value is -3.99. The smallest absolute Gasteiger partial charge is 0.407 e. The van der Waals surface area contributed by atoms with Crippen LogP contribution in [-0.4, -0.2) is 91.1 Å². The predicted octanol–water partition coefficient (Wildman–Crippen LogP) is 3.32. The number of pyridine rings is 1. The van der Waals surface area contributed by atoms with Gasteiger partial charge < -0.3 is 24.6 Å². The molecule has 5 atom stereocenters. The first-order valence-corrected chi connectivity index (χ1v) is 17.8. The van der Waals surface area contributed by atoms with Crippen LogP contribution in [0.4, 0.5) is 9.93 Å². The first-order chi connectivity index (χ1) is 23.1. The van der Waals surface area contributed by atoms with Crippen molar-refractivity contribution in [1.29, 1.82) is 0 Å². The summed E-state index contributed by atoms with van der Waals surface area (Å²) in [4.78, 5) is 35.3. The van der Waals surface area contributed by atoms with Crippen molar-refractivity contribution in [2.24, 2.45) is 5.92 Å². The molecule has 2 aliphatic heterocycles. The molecular weight excluding hydrogens is 659 g/mol. The van der Waals surface area contributed by atoms with Gasteiger partial charge in [-0.1, -0.05) is 47.7 Å². The fourth-order valence-corrected chi connectivity index (χ4v) is 8.30. The molecular formula is C33H37N5O8S2. The first-order valence-electron chi connectivity index (χ1n) is 15.6. The largest absolute Gasteiger partial charge is 0.443 e. The molecule has 0 aliphatic carbocycles. The third-order valence-electron chi connectivity index (χ3n) is 8.51. The number of nitrogens with zero attached hydrogens (tertiary/aromatic N) is 4. The van der Waals surface area contributed by atoms with Gasteiger partial charge in [0.1, 0.15) is 6.10 Å². The van der Waals surface area contributed by atoms with Crippen LogP contribution in [0.2, 0.25) is 0 Å². The monoisotopic (exact) mass is 695 g/mol. The van der Waals surface area contributed by atoms with Gasteiger partial charge in [0.25, 0.3) is 0 Å². The van der Waals surface area contributed by atoms with Crippen molar-refractivity contribution in [2.75, 3.05) is 31.7 Å². The Morgan fingerprint density at radius 1 is 1.12 bits per heavy atom. The van der Waals surface area contributed by atoms with Gasteiger partial charge in [0.15, 0.2) is 11.4 Å². The van der Waals surface area contributed by atoms with E-state index < -0.39 is 40.7 Å². The van der Waals surface area contributed by atoms with Crippen molar-refractivity contribution < 1.29 is 37.3 Å². The van der Waals surface area contributed by atoms with Crippen molar-refractivity contribution >= 4 is 48.7 Å². The van der Waals surface area contributed by atoms with E-state index in [-0.39, 0.29) is 42.8 Å². The minimum Gasteiger partial charge on any atom is -0.443 e. The average molecular weight is 696 g/mol. The number of hydrogen-bond donors (Lipinski definition) is 2. The van der Waals surface area contributed by atoms with Crippen LogP contribution in [0.1, 0.15) is 24.6 Å². The summed E-state index contributed by atoms with van der Waals surface area (Å²) in [6, 6.07) is 18.1. The summed E-state index contributed by atoms with van der Waals surface area (Å²) >= 11 is 1.20. The van der Waals surface area contributed by atoms with Gasteiger partial charge in [0.05, 0.1) is 58.6 Å². The number of carbonyl (C=O) groups is 2. The molecule has 2 N–H and O–H groups in total. The number of fused-ring (bicyclic) bond motifs is 2. The van der Waals surface area contributed by atoms with Crippen molar-refractivity contribution in [3.8, 4) is 0 Å². The number of carbonyl (C=O) groups excluding carboxylic acids is 2. The summed E-state index contributed by atoms with van der Waals surface area (Å²) in [5.74, 6) is -0.268. The lowest BCUT2D eigenvalue weighted by atomic mass is 10.0. The molecule has 2 aromatic carbocycles. The van der Waals surface area contributed by atoms with Gasteiger partial charge in [-0.2, -0.15) is 4.31 Å². The Morgan fingerprint density at radius 2 is 1.92 bits per heavy atom. The zero-order valence-electron chi connectivity index (χ0n) is 26.5. The quantitative estimate of drug-likeness (QED) is 0.225. The van der Waals surface area contributed by atoms with Crippen LogP contribution in [0.25, 0.3) is 10.2 Å². The molecule has 13 nitrogen and oxygen atoms in total. The number of nitrogens with one attached hydrogen (secondary N) is 1. The molecule has 2 aliphatic rings. The van der Waals surface area contributed by atoms with E-state index in [0.717, 1.165) is 9.87 Å². The molecule has 4 aromatic rings. The summed E-state index contributed by atoms with van der Waals surface area (Å²) in [7, 11) is -2.62. The SMILES string of the molecule is CC(=O)N(C)c1nc2ccc(S(=O)(=O)N(Cc3ccccn3)C[C@@H](O)[C@H](Cc3ccccc3)NC(=O)O[C@H]3CO[C@H]4OCC[C@H]43)cc2s1. The normalized spacial score (nSPS) is 20.4. The molecule has 0 saturated carbocycles. The van der Waals surface area contributed by atoms with Crippen molar-refractivity contribution in [3.05, 3.63) is 84.2 Å². The number of aromatic nitrogens is 2. The molecule has 6 rings (SSSR count). The fourth-order valence-electron chi connectivity index (χ4n) is 5.76. The Kier molecular flexibility index (Phi) is 10.3. The lowest BCUT2D eigenvalue weighted by Gasteiger charge is -2.30. The van der Waals surface area contributed by atoms with Crippen LogP contribution in [0.3, 0.4) is 0 Å². The lowest BCUT2D eigenvalue weighted by molar-refractivity contribution is -0.116. The highest BCUT2D eigenvalue weighted by Gasteiger charge is 2.44. The molecule has 4 heterocycles. The van der Waals surface area contributed by atoms with Gasteiger partial charge in [-0.25, -0.2) is 18.2 Å². The highest BCUT2D eigenvalue weighted by Crippen LogP contribution is 2.33. The number of sulfonamides is 1. The third-order valence-corrected chi connectivity index (χ3v) is 11.4. The maximum Gasteiger partial charge on any atom is 0.407 e. The minimum absolute atomic E-state index is 0.0136. The molecule has 0 radical (unpaired) electrons. The number of rotatable bonds is 12. The number of aliphatic hydroxyl groups excluding tert-OH is 1. The number of amides is 2. The Bertz CT molecular complexity index is 1840. The second-order valence-corrected chi connectivity index (χ2v) is 14.7. The van der Waals surface area contributed by atoms with Crippen molar-refractivity contribution in [3.63, 3.8) is 0 Å². The van der Waals surface area contributed by atoms with Gasteiger partial charge >= 0.3 is 6.09 Å². The average Bonchev–Trinajstić information content (AvgIpc) is 3.82. The molecule has 2 fully saturated rings. The summed E-state index contributed by atoms with van der Waals surface area (Å²) in [5, 5.41) is 14.9. The van der Waals surface area contributed by atoms with E-state index in [9.17, 15) is 23.1 Å². The predicted molar refractivity (Wildman–Crippen MR) is 178 cm³/mol. The highest BCUT2D eigenvalue weighted by atomic mass is 32.2. The van der Waals surface area contributed by atoms with E-state index >= 15 is 0 Å². The van der Waals surface area contributed by atoms with Crippen LogP contribution in [0, 0.1) is 5.92 Å². The van der Waals surface area contributed by atoms with Crippen LogP contribution >= 0.6 is 11.3 Å². The molecule has 15 heteroatoms. The van der Waals surface area contributed by atoms with Gasteiger partial charge in [-0.05, 0) is 48.7 Å². The number of hydrogen-bond acceptors (Lipinski definition) is 11. The summed E-state index contributed by atoms with van der Waals surface area (Å²) in [6.07, 6.45) is -0.491. The number of alkyl carbamates (subject to hydrolysis) is 1. The van der Waals surface area contributed by atoms with Gasteiger partial charge in [-0.15, -0.1) is 0 Å². The van der Waals surface area contributed by atoms with Gasteiger partial charge in [0, 0.05) is 26.7 Å². The number of ether oxygens (including phenoxy) is 3. The standard InChI is InChI=1S/C33H37N5O8S2/c1-21(39)37(2)32-35-26-12-11-24(17-30(26)47-32)48(42,43)38(18-23-10-6-7-14-34-23)19-28(40)27(16-22-8-4-3-5-9-22)36-33(41)46-29-20-45-31-25(29)13-15-44-31/h3-12,14,17,25,27-29,31,40H,13,15-16,18-20H2,1-2H3,(H,36,41)/t25-,27-,28+,29-,31+/m0/s1. The van der Waals surface area contributed by atoms with Crippen LogP contribution in [0.15, 0.2) is 77.8 Å². The molecule has 0 spiro atoms.